The molecule has 2 aromatic rings. The molecule has 3 nitrogen and oxygen atoms in total. The largest absolute Gasteiger partial charge is 0.331 e. The van der Waals surface area contributed by atoms with Crippen LogP contribution >= 0.6 is 11.8 Å². The van der Waals surface area contributed by atoms with Gasteiger partial charge < -0.3 is 10.2 Å². The average Bonchev–Trinajstić information content (AvgIpc) is 2.93. The van der Waals surface area contributed by atoms with E-state index in [0.717, 1.165) is 43.7 Å². The van der Waals surface area contributed by atoms with Crippen molar-refractivity contribution >= 4 is 17.7 Å². The van der Waals surface area contributed by atoms with Gasteiger partial charge in [-0.1, -0.05) is 30.3 Å². The van der Waals surface area contributed by atoms with Crippen molar-refractivity contribution in [2.75, 3.05) is 13.1 Å². The van der Waals surface area contributed by atoms with Crippen molar-refractivity contribution in [3.8, 4) is 0 Å². The second-order valence-corrected chi connectivity index (χ2v) is 7.94. The molecule has 0 aromatic heterocycles. The first-order chi connectivity index (χ1) is 12.3. The number of hydrogen-bond donors (Lipinski definition) is 1. The van der Waals surface area contributed by atoms with Gasteiger partial charge in [-0.25, -0.2) is 0 Å². The van der Waals surface area contributed by atoms with Crippen molar-refractivity contribution in [1.82, 2.24) is 10.2 Å². The van der Waals surface area contributed by atoms with E-state index in [1.807, 2.05) is 30.0 Å². The minimum absolute atomic E-state index is 0.204. The molecule has 0 saturated carbocycles. The number of rotatable bonds is 4. The second-order valence-electron chi connectivity index (χ2n) is 6.89. The summed E-state index contributed by atoms with van der Waals surface area (Å²) in [5.74, 6) is 1.16. The van der Waals surface area contributed by atoms with Gasteiger partial charge in [0.1, 0.15) is 0 Å². The molecule has 1 N–H and O–H groups in total. The first kappa shape index (κ1) is 16.7. The van der Waals surface area contributed by atoms with Crippen LogP contribution in [-0.2, 0) is 5.75 Å². The van der Waals surface area contributed by atoms with Crippen LogP contribution in [0.2, 0.25) is 0 Å². The highest BCUT2D eigenvalue weighted by Crippen LogP contribution is 2.30. The van der Waals surface area contributed by atoms with Crippen molar-refractivity contribution in [2.24, 2.45) is 0 Å². The van der Waals surface area contributed by atoms with E-state index in [1.54, 1.807) is 0 Å². The zero-order chi connectivity index (χ0) is 17.1. The molecule has 1 amide bonds. The number of amides is 1. The third-order valence-electron chi connectivity index (χ3n) is 5.24. The van der Waals surface area contributed by atoms with Crippen LogP contribution in [0.4, 0.5) is 0 Å². The zero-order valence-electron chi connectivity index (χ0n) is 14.4. The number of nitrogens with one attached hydrogen (secondary N) is 1. The predicted molar refractivity (Wildman–Crippen MR) is 103 cm³/mol. The second kappa shape index (κ2) is 7.63. The number of nitrogens with zero attached hydrogens (tertiary/aromatic N) is 1. The topological polar surface area (TPSA) is 32.3 Å². The van der Waals surface area contributed by atoms with Crippen molar-refractivity contribution in [3.05, 3.63) is 65.7 Å². The quantitative estimate of drug-likeness (QED) is 0.846. The molecule has 2 bridgehead atoms. The Bertz CT molecular complexity index is 702. The van der Waals surface area contributed by atoms with Gasteiger partial charge in [0, 0.05) is 34.8 Å². The number of carbonyl (C=O) groups excluding carboxylic acids is 1. The summed E-state index contributed by atoms with van der Waals surface area (Å²) in [6, 6.07) is 19.4. The van der Waals surface area contributed by atoms with Crippen molar-refractivity contribution < 1.29 is 4.79 Å². The molecule has 2 heterocycles. The average molecular weight is 353 g/mol. The fourth-order valence-electron chi connectivity index (χ4n) is 3.90. The maximum absolute atomic E-state index is 13.0. The van der Waals surface area contributed by atoms with Crippen LogP contribution < -0.4 is 5.32 Å². The van der Waals surface area contributed by atoms with Gasteiger partial charge >= 0.3 is 0 Å². The maximum Gasteiger partial charge on any atom is 0.254 e. The Balaban J connectivity index is 1.42. The molecule has 2 saturated heterocycles. The van der Waals surface area contributed by atoms with Gasteiger partial charge in [0.15, 0.2) is 0 Å². The molecule has 2 aromatic carbocycles. The Hall–Kier alpha value is -1.78. The van der Waals surface area contributed by atoms with Gasteiger partial charge in [-0.15, -0.1) is 11.8 Å². The van der Waals surface area contributed by atoms with Crippen LogP contribution in [0.5, 0.6) is 0 Å². The summed E-state index contributed by atoms with van der Waals surface area (Å²) in [5.41, 5.74) is 2.14. The molecule has 4 rings (SSSR count). The van der Waals surface area contributed by atoms with Crippen LogP contribution in [0, 0.1) is 0 Å². The van der Waals surface area contributed by atoms with Crippen LogP contribution in [0.1, 0.15) is 35.2 Å². The Morgan fingerprint density at radius 2 is 1.76 bits per heavy atom. The molecule has 4 heteroatoms. The van der Waals surface area contributed by atoms with Gasteiger partial charge in [0.25, 0.3) is 5.91 Å². The molecule has 130 valence electrons. The van der Waals surface area contributed by atoms with E-state index in [9.17, 15) is 4.79 Å². The van der Waals surface area contributed by atoms with E-state index < -0.39 is 0 Å². The van der Waals surface area contributed by atoms with Crippen molar-refractivity contribution in [2.45, 2.75) is 42.0 Å². The van der Waals surface area contributed by atoms with Gasteiger partial charge in [-0.05, 0) is 55.6 Å². The van der Waals surface area contributed by atoms with E-state index in [0.29, 0.717) is 12.1 Å². The predicted octanol–water partition coefficient (Wildman–Crippen LogP) is 3.95. The highest BCUT2D eigenvalue weighted by atomic mass is 32.2. The van der Waals surface area contributed by atoms with Crippen LogP contribution in [0.25, 0.3) is 0 Å². The SMILES string of the molecule is O=C(c1ccc(SCc2ccccc2)cc1)N1C2CCNCC1CC2. The summed E-state index contributed by atoms with van der Waals surface area (Å²) in [6.45, 7) is 1.97. The highest BCUT2D eigenvalue weighted by molar-refractivity contribution is 7.98. The van der Waals surface area contributed by atoms with Crippen LogP contribution in [-0.4, -0.2) is 36.0 Å². The fourth-order valence-corrected chi connectivity index (χ4v) is 4.75. The summed E-state index contributed by atoms with van der Waals surface area (Å²) < 4.78 is 0. The number of hydrogen-bond acceptors (Lipinski definition) is 3. The molecule has 2 unspecified atom stereocenters. The molecule has 25 heavy (non-hydrogen) atoms. The minimum atomic E-state index is 0.204. The Morgan fingerprint density at radius 3 is 2.56 bits per heavy atom. The number of fused-ring (bicyclic) bond motifs is 2. The molecule has 2 aliphatic rings. The standard InChI is InChI=1S/C21H24N2OS/c24-21(23-18-8-9-19(23)14-22-13-12-18)17-6-10-20(11-7-17)25-15-16-4-2-1-3-5-16/h1-7,10-11,18-19,22H,8-9,12-15H2. The lowest BCUT2D eigenvalue weighted by molar-refractivity contribution is 0.0680. The highest BCUT2D eigenvalue weighted by Gasteiger charge is 2.38. The first-order valence-corrected chi connectivity index (χ1v) is 10.1. The molecule has 0 spiro atoms. The molecular weight excluding hydrogens is 328 g/mol. The number of benzene rings is 2. The Kier molecular flexibility index (Phi) is 5.09. The summed E-state index contributed by atoms with van der Waals surface area (Å²) in [6.07, 6.45) is 3.37. The third kappa shape index (κ3) is 3.75. The van der Waals surface area contributed by atoms with E-state index in [1.165, 1.54) is 10.5 Å². The third-order valence-corrected chi connectivity index (χ3v) is 6.32. The molecule has 2 atom stereocenters. The van der Waals surface area contributed by atoms with Gasteiger partial charge in [-0.2, -0.15) is 0 Å². The van der Waals surface area contributed by atoms with Gasteiger partial charge in [-0.3, -0.25) is 4.79 Å². The molecule has 0 radical (unpaired) electrons. The van der Waals surface area contributed by atoms with Crippen LogP contribution in [0.15, 0.2) is 59.5 Å². The Labute approximate surface area is 153 Å². The van der Waals surface area contributed by atoms with E-state index in [4.69, 9.17) is 0 Å². The monoisotopic (exact) mass is 352 g/mol. The smallest absolute Gasteiger partial charge is 0.254 e. The molecule has 0 aliphatic carbocycles. The normalized spacial score (nSPS) is 22.6. The van der Waals surface area contributed by atoms with Crippen molar-refractivity contribution in [1.29, 1.82) is 0 Å². The summed E-state index contributed by atoms with van der Waals surface area (Å²) in [4.78, 5) is 16.3. The molecule has 2 fully saturated rings. The number of thioether (sulfide) groups is 1. The lowest BCUT2D eigenvalue weighted by atomic mass is 10.1. The lowest BCUT2D eigenvalue weighted by Crippen LogP contribution is -2.42. The number of carbonyl (C=O) groups is 1. The van der Waals surface area contributed by atoms with Crippen LogP contribution in [0.3, 0.4) is 0 Å². The first-order valence-electron chi connectivity index (χ1n) is 9.11. The van der Waals surface area contributed by atoms with Gasteiger partial charge in [0.2, 0.25) is 0 Å². The Morgan fingerprint density at radius 1 is 1.00 bits per heavy atom. The molecule has 2 aliphatic heterocycles. The summed E-state index contributed by atoms with van der Waals surface area (Å²) in [7, 11) is 0. The zero-order valence-corrected chi connectivity index (χ0v) is 15.2. The van der Waals surface area contributed by atoms with Crippen molar-refractivity contribution in [3.63, 3.8) is 0 Å². The van der Waals surface area contributed by atoms with Gasteiger partial charge in [0.05, 0.1) is 0 Å². The molecular formula is C21H24N2OS. The van der Waals surface area contributed by atoms with E-state index in [-0.39, 0.29) is 5.91 Å². The van der Waals surface area contributed by atoms with E-state index in [2.05, 4.69) is 46.6 Å². The maximum atomic E-state index is 13.0. The minimum Gasteiger partial charge on any atom is -0.331 e. The van der Waals surface area contributed by atoms with E-state index >= 15 is 0 Å². The fraction of sp³-hybridized carbons (Fsp3) is 0.381. The lowest BCUT2D eigenvalue weighted by Gasteiger charge is -2.28. The summed E-state index contributed by atoms with van der Waals surface area (Å²) in [5, 5.41) is 3.46. The summed E-state index contributed by atoms with van der Waals surface area (Å²) >= 11 is 1.81.